The topological polar surface area (TPSA) is 68.8 Å². The van der Waals surface area contributed by atoms with Crippen molar-refractivity contribution in [3.05, 3.63) is 42.2 Å². The van der Waals surface area contributed by atoms with Crippen LogP contribution in [0.3, 0.4) is 0 Å². The molecular formula is C18H21FN2O4. The Morgan fingerprint density at radius 3 is 2.00 bits per heavy atom. The number of hydrogen-bond donors (Lipinski definition) is 2. The van der Waals surface area contributed by atoms with Crippen molar-refractivity contribution in [3.63, 3.8) is 0 Å². The van der Waals surface area contributed by atoms with Gasteiger partial charge in [0.1, 0.15) is 11.9 Å². The molecule has 0 aromatic heterocycles. The third kappa shape index (κ3) is 4.53. The van der Waals surface area contributed by atoms with Crippen molar-refractivity contribution in [2.75, 3.05) is 32.0 Å². The van der Waals surface area contributed by atoms with Crippen LogP contribution in [0, 0.1) is 5.82 Å². The maximum absolute atomic E-state index is 12.9. The number of carbonyl (C=O) groups excluding carboxylic acids is 1. The highest BCUT2D eigenvalue weighted by Gasteiger charge is 2.17. The van der Waals surface area contributed by atoms with Crippen LogP contribution in [0.25, 0.3) is 0 Å². The first-order valence-electron chi connectivity index (χ1n) is 7.61. The van der Waals surface area contributed by atoms with Crippen molar-refractivity contribution < 1.29 is 23.4 Å². The average molecular weight is 348 g/mol. The lowest BCUT2D eigenvalue weighted by atomic mass is 10.2. The van der Waals surface area contributed by atoms with E-state index in [1.54, 1.807) is 19.1 Å². The molecule has 0 fully saturated rings. The minimum Gasteiger partial charge on any atom is -0.493 e. The Morgan fingerprint density at radius 1 is 0.960 bits per heavy atom. The van der Waals surface area contributed by atoms with E-state index in [0.29, 0.717) is 28.6 Å². The van der Waals surface area contributed by atoms with Crippen LogP contribution < -0.4 is 24.8 Å². The van der Waals surface area contributed by atoms with E-state index in [1.807, 2.05) is 0 Å². The zero-order chi connectivity index (χ0) is 18.4. The number of benzene rings is 2. The molecule has 2 N–H and O–H groups in total. The van der Waals surface area contributed by atoms with Gasteiger partial charge in [-0.3, -0.25) is 4.79 Å². The summed E-state index contributed by atoms with van der Waals surface area (Å²) in [7, 11) is 4.56. The quantitative estimate of drug-likeness (QED) is 0.804. The highest BCUT2D eigenvalue weighted by molar-refractivity contribution is 5.96. The highest BCUT2D eigenvalue weighted by Crippen LogP contribution is 2.40. The van der Waals surface area contributed by atoms with Crippen molar-refractivity contribution in [1.29, 1.82) is 0 Å². The van der Waals surface area contributed by atoms with Gasteiger partial charge in [-0.05, 0) is 31.2 Å². The number of rotatable bonds is 7. The third-order valence-corrected chi connectivity index (χ3v) is 3.55. The van der Waals surface area contributed by atoms with Crippen LogP contribution in [0.2, 0.25) is 0 Å². The standard InChI is InChI=1S/C18H21FN2O4/c1-11(18(22)21-13-7-5-12(19)6-8-13)20-14-9-15(23-2)17(25-4)16(10-14)24-3/h5-11,20H,1-4H3,(H,21,22)/t11-/m0/s1. The van der Waals surface area contributed by atoms with Crippen molar-refractivity contribution in [2.45, 2.75) is 13.0 Å². The smallest absolute Gasteiger partial charge is 0.246 e. The molecule has 0 saturated carbocycles. The van der Waals surface area contributed by atoms with Gasteiger partial charge < -0.3 is 24.8 Å². The van der Waals surface area contributed by atoms with E-state index in [9.17, 15) is 9.18 Å². The normalized spacial score (nSPS) is 11.4. The lowest BCUT2D eigenvalue weighted by molar-refractivity contribution is -0.116. The van der Waals surface area contributed by atoms with E-state index in [0.717, 1.165) is 0 Å². The van der Waals surface area contributed by atoms with Gasteiger partial charge in [-0.2, -0.15) is 0 Å². The second-order valence-electron chi connectivity index (χ2n) is 5.28. The molecule has 0 saturated heterocycles. The number of hydrogen-bond acceptors (Lipinski definition) is 5. The molecule has 0 unspecified atom stereocenters. The van der Waals surface area contributed by atoms with Crippen molar-refractivity contribution in [1.82, 2.24) is 0 Å². The van der Waals surface area contributed by atoms with E-state index in [4.69, 9.17) is 14.2 Å². The molecule has 0 aliphatic rings. The van der Waals surface area contributed by atoms with Gasteiger partial charge >= 0.3 is 0 Å². The van der Waals surface area contributed by atoms with Gasteiger partial charge in [0, 0.05) is 23.5 Å². The number of methoxy groups -OCH3 is 3. The van der Waals surface area contributed by atoms with E-state index in [-0.39, 0.29) is 11.7 Å². The second-order valence-corrected chi connectivity index (χ2v) is 5.28. The molecule has 6 nitrogen and oxygen atoms in total. The average Bonchev–Trinajstić information content (AvgIpc) is 2.62. The summed E-state index contributed by atoms with van der Waals surface area (Å²) in [4.78, 5) is 12.3. The molecule has 0 bridgehead atoms. The zero-order valence-electron chi connectivity index (χ0n) is 14.6. The van der Waals surface area contributed by atoms with Gasteiger partial charge in [0.25, 0.3) is 0 Å². The Morgan fingerprint density at radius 2 is 1.52 bits per heavy atom. The summed E-state index contributed by atoms with van der Waals surface area (Å²) in [6.07, 6.45) is 0. The third-order valence-electron chi connectivity index (χ3n) is 3.55. The number of ether oxygens (including phenoxy) is 3. The van der Waals surface area contributed by atoms with Crippen LogP contribution in [0.1, 0.15) is 6.92 Å². The molecule has 0 aliphatic heterocycles. The van der Waals surface area contributed by atoms with Crippen LogP contribution >= 0.6 is 0 Å². The van der Waals surface area contributed by atoms with E-state index in [2.05, 4.69) is 10.6 Å². The molecule has 25 heavy (non-hydrogen) atoms. The number of amides is 1. The Labute approximate surface area is 145 Å². The highest BCUT2D eigenvalue weighted by atomic mass is 19.1. The summed E-state index contributed by atoms with van der Waals surface area (Å²) in [5.74, 6) is 0.812. The van der Waals surface area contributed by atoms with Gasteiger partial charge in [-0.1, -0.05) is 0 Å². The SMILES string of the molecule is COc1cc(N[C@@H](C)C(=O)Nc2ccc(F)cc2)cc(OC)c1OC. The summed E-state index contributed by atoms with van der Waals surface area (Å²) in [6, 6.07) is 8.44. The Bertz CT molecular complexity index is 709. The van der Waals surface area contributed by atoms with E-state index >= 15 is 0 Å². The van der Waals surface area contributed by atoms with Crippen LogP contribution in [0.5, 0.6) is 17.2 Å². The molecule has 0 heterocycles. The Balaban J connectivity index is 2.12. The van der Waals surface area contributed by atoms with Crippen LogP contribution in [0.4, 0.5) is 15.8 Å². The van der Waals surface area contributed by atoms with E-state index < -0.39 is 6.04 Å². The van der Waals surface area contributed by atoms with Crippen molar-refractivity contribution in [2.24, 2.45) is 0 Å². The number of anilines is 2. The Kier molecular flexibility index (Phi) is 6.05. The maximum atomic E-state index is 12.9. The lowest BCUT2D eigenvalue weighted by Crippen LogP contribution is -2.31. The molecule has 2 aromatic carbocycles. The van der Waals surface area contributed by atoms with Gasteiger partial charge in [0.15, 0.2) is 11.5 Å². The summed E-state index contributed by atoms with van der Waals surface area (Å²) in [6.45, 7) is 1.71. The maximum Gasteiger partial charge on any atom is 0.246 e. The predicted molar refractivity (Wildman–Crippen MR) is 94.2 cm³/mol. The van der Waals surface area contributed by atoms with E-state index in [1.165, 1.54) is 45.6 Å². The summed E-state index contributed by atoms with van der Waals surface area (Å²) in [5, 5.41) is 5.79. The van der Waals surface area contributed by atoms with Crippen LogP contribution in [-0.2, 0) is 4.79 Å². The van der Waals surface area contributed by atoms with Crippen molar-refractivity contribution >= 4 is 17.3 Å². The Hall–Kier alpha value is -2.96. The molecule has 2 rings (SSSR count). The second kappa shape index (κ2) is 8.23. The predicted octanol–water partition coefficient (Wildman–Crippen LogP) is 3.29. The first-order chi connectivity index (χ1) is 12.0. The number of nitrogens with one attached hydrogen (secondary N) is 2. The molecule has 2 aromatic rings. The molecular weight excluding hydrogens is 327 g/mol. The summed E-state index contributed by atoms with van der Waals surface area (Å²) < 4.78 is 28.8. The fourth-order valence-corrected chi connectivity index (χ4v) is 2.26. The lowest BCUT2D eigenvalue weighted by Gasteiger charge is -2.18. The minimum atomic E-state index is -0.548. The molecule has 0 aliphatic carbocycles. The summed E-state index contributed by atoms with van der Waals surface area (Å²) in [5.41, 5.74) is 1.15. The monoisotopic (exact) mass is 348 g/mol. The number of carbonyl (C=O) groups is 1. The molecule has 134 valence electrons. The number of halogens is 1. The van der Waals surface area contributed by atoms with Crippen molar-refractivity contribution in [3.8, 4) is 17.2 Å². The largest absolute Gasteiger partial charge is 0.493 e. The molecule has 0 spiro atoms. The molecule has 7 heteroatoms. The first kappa shape index (κ1) is 18.4. The van der Waals surface area contributed by atoms with Gasteiger partial charge in [-0.25, -0.2) is 4.39 Å². The molecule has 0 radical (unpaired) electrons. The first-order valence-corrected chi connectivity index (χ1v) is 7.61. The van der Waals surface area contributed by atoms with Gasteiger partial charge in [0.05, 0.1) is 21.3 Å². The zero-order valence-corrected chi connectivity index (χ0v) is 14.6. The van der Waals surface area contributed by atoms with Crippen LogP contribution in [-0.4, -0.2) is 33.3 Å². The van der Waals surface area contributed by atoms with Gasteiger partial charge in [-0.15, -0.1) is 0 Å². The van der Waals surface area contributed by atoms with Gasteiger partial charge in [0.2, 0.25) is 11.7 Å². The molecule has 1 amide bonds. The molecule has 1 atom stereocenters. The van der Waals surface area contributed by atoms with Crippen LogP contribution in [0.15, 0.2) is 36.4 Å². The minimum absolute atomic E-state index is 0.264. The summed E-state index contributed by atoms with van der Waals surface area (Å²) >= 11 is 0. The fourth-order valence-electron chi connectivity index (χ4n) is 2.26. The fraction of sp³-hybridized carbons (Fsp3) is 0.278.